The molecule has 5 heteroatoms. The zero-order valence-corrected chi connectivity index (χ0v) is 11.0. The predicted octanol–water partition coefficient (Wildman–Crippen LogP) is 2.01. The minimum absolute atomic E-state index is 0.432. The molecule has 0 saturated heterocycles. The molecule has 1 aliphatic heterocycles. The van der Waals surface area contributed by atoms with Gasteiger partial charge in [0.15, 0.2) is 0 Å². The van der Waals surface area contributed by atoms with Gasteiger partial charge in [-0.3, -0.25) is 9.59 Å². The molecule has 2 rings (SSSR count). The summed E-state index contributed by atoms with van der Waals surface area (Å²) in [4.78, 5) is 25.1. The predicted molar refractivity (Wildman–Crippen MR) is 67.3 cm³/mol. The fourth-order valence-electron chi connectivity index (χ4n) is 1.89. The van der Waals surface area contributed by atoms with Crippen molar-refractivity contribution in [1.29, 1.82) is 0 Å². The molecule has 0 unspecified atom stereocenters. The molecule has 1 aromatic carbocycles. The van der Waals surface area contributed by atoms with E-state index in [0.717, 1.165) is 4.47 Å². The number of para-hydroxylation sites is 1. The molecular weight excluding hydrogens is 286 g/mol. The van der Waals surface area contributed by atoms with E-state index in [-0.39, 0.29) is 0 Å². The van der Waals surface area contributed by atoms with Crippen LogP contribution in [0.5, 0.6) is 0 Å². The number of benzene rings is 1. The zero-order chi connectivity index (χ0) is 12.4. The third-order valence-electron chi connectivity index (χ3n) is 2.67. The van der Waals surface area contributed by atoms with Crippen molar-refractivity contribution < 1.29 is 14.3 Å². The van der Waals surface area contributed by atoms with Crippen molar-refractivity contribution in [3.63, 3.8) is 0 Å². The van der Waals surface area contributed by atoms with Crippen molar-refractivity contribution in [2.24, 2.45) is 0 Å². The fourth-order valence-corrected chi connectivity index (χ4v) is 2.47. The molecule has 0 saturated carbocycles. The maximum atomic E-state index is 11.8. The van der Waals surface area contributed by atoms with E-state index in [1.165, 1.54) is 4.90 Å². The third-order valence-corrected chi connectivity index (χ3v) is 3.31. The maximum absolute atomic E-state index is 11.8. The van der Waals surface area contributed by atoms with Gasteiger partial charge in [-0.25, -0.2) is 0 Å². The number of nitrogens with zero attached hydrogens (tertiary/aromatic N) is 1. The molecule has 17 heavy (non-hydrogen) atoms. The topological polar surface area (TPSA) is 46.6 Å². The van der Waals surface area contributed by atoms with E-state index in [1.54, 1.807) is 19.2 Å². The second-order valence-electron chi connectivity index (χ2n) is 3.77. The molecule has 0 spiro atoms. The van der Waals surface area contributed by atoms with Crippen molar-refractivity contribution >= 4 is 33.3 Å². The van der Waals surface area contributed by atoms with Crippen LogP contribution in [0.3, 0.4) is 0 Å². The van der Waals surface area contributed by atoms with Gasteiger partial charge in [-0.2, -0.15) is 0 Å². The third kappa shape index (κ3) is 2.12. The normalized spacial score (nSPS) is 14.4. The van der Waals surface area contributed by atoms with Gasteiger partial charge in [0.25, 0.3) is 11.7 Å². The summed E-state index contributed by atoms with van der Waals surface area (Å²) < 4.78 is 5.72. The number of carbonyl (C=O) groups is 2. The molecule has 90 valence electrons. The number of fused-ring (bicyclic) bond motifs is 1. The summed E-state index contributed by atoms with van der Waals surface area (Å²) >= 11 is 3.37. The number of ether oxygens (including phenoxy) is 1. The van der Waals surface area contributed by atoms with Crippen LogP contribution >= 0.6 is 15.9 Å². The van der Waals surface area contributed by atoms with Gasteiger partial charge in [0.2, 0.25) is 0 Å². The maximum Gasteiger partial charge on any atom is 0.299 e. The quantitative estimate of drug-likeness (QED) is 0.631. The Kier molecular flexibility index (Phi) is 3.59. The Bertz CT molecular complexity index is 473. The number of methoxy groups -OCH3 is 1. The Morgan fingerprint density at radius 3 is 2.82 bits per heavy atom. The molecule has 1 aromatic rings. The molecule has 1 amide bonds. The van der Waals surface area contributed by atoms with Crippen LogP contribution in [0.2, 0.25) is 0 Å². The Morgan fingerprint density at radius 1 is 1.35 bits per heavy atom. The van der Waals surface area contributed by atoms with E-state index in [9.17, 15) is 9.59 Å². The summed E-state index contributed by atoms with van der Waals surface area (Å²) in [5.41, 5.74) is 1.15. The molecule has 1 aliphatic rings. The molecule has 0 atom stereocenters. The number of halogens is 1. The van der Waals surface area contributed by atoms with Crippen LogP contribution in [0.1, 0.15) is 16.8 Å². The standard InChI is InChI=1S/C12H12BrNO3/c1-17-7-3-6-14-10-8(11(15)12(14)16)4-2-5-9(10)13/h2,4-5H,3,6-7H2,1H3. The first-order valence-corrected chi connectivity index (χ1v) is 6.09. The SMILES string of the molecule is COCCCN1C(=O)C(=O)c2cccc(Br)c21. The number of carbonyl (C=O) groups excluding carboxylic acids is 2. The van der Waals surface area contributed by atoms with Crippen LogP contribution in [0.15, 0.2) is 22.7 Å². The average Bonchev–Trinajstić information content (AvgIpc) is 2.56. The second kappa shape index (κ2) is 4.98. The summed E-state index contributed by atoms with van der Waals surface area (Å²) in [6.07, 6.45) is 0.705. The summed E-state index contributed by atoms with van der Waals surface area (Å²) in [6, 6.07) is 5.26. The number of ketones is 1. The molecule has 0 aliphatic carbocycles. The highest BCUT2D eigenvalue weighted by Gasteiger charge is 2.36. The van der Waals surface area contributed by atoms with Crippen LogP contribution in [-0.4, -0.2) is 32.0 Å². The summed E-state index contributed by atoms with van der Waals surface area (Å²) in [7, 11) is 1.61. The van der Waals surface area contributed by atoms with Crippen molar-refractivity contribution in [1.82, 2.24) is 0 Å². The van der Waals surface area contributed by atoms with Crippen LogP contribution in [0.4, 0.5) is 5.69 Å². The van der Waals surface area contributed by atoms with Crippen molar-refractivity contribution in [3.05, 3.63) is 28.2 Å². The van der Waals surface area contributed by atoms with E-state index in [2.05, 4.69) is 15.9 Å². The summed E-state index contributed by atoms with van der Waals surface area (Å²) in [5, 5.41) is 0. The number of amides is 1. The van der Waals surface area contributed by atoms with Crippen LogP contribution in [0.25, 0.3) is 0 Å². The van der Waals surface area contributed by atoms with Gasteiger partial charge in [0.1, 0.15) is 0 Å². The first-order chi connectivity index (χ1) is 8.16. The van der Waals surface area contributed by atoms with E-state index >= 15 is 0 Å². The Labute approximate surface area is 108 Å². The van der Waals surface area contributed by atoms with E-state index < -0.39 is 11.7 Å². The van der Waals surface area contributed by atoms with Crippen molar-refractivity contribution in [2.45, 2.75) is 6.42 Å². The highest BCUT2D eigenvalue weighted by Crippen LogP contribution is 2.35. The highest BCUT2D eigenvalue weighted by molar-refractivity contribution is 9.10. The van der Waals surface area contributed by atoms with Gasteiger partial charge in [-0.15, -0.1) is 0 Å². The Hall–Kier alpha value is -1.20. The minimum Gasteiger partial charge on any atom is -0.385 e. The lowest BCUT2D eigenvalue weighted by molar-refractivity contribution is -0.114. The highest BCUT2D eigenvalue weighted by atomic mass is 79.9. The van der Waals surface area contributed by atoms with Gasteiger partial charge >= 0.3 is 0 Å². The van der Waals surface area contributed by atoms with Crippen LogP contribution in [0, 0.1) is 0 Å². The molecule has 0 fully saturated rings. The van der Waals surface area contributed by atoms with Crippen molar-refractivity contribution in [3.8, 4) is 0 Å². The molecule has 1 heterocycles. The van der Waals surface area contributed by atoms with Gasteiger partial charge in [0, 0.05) is 24.7 Å². The Morgan fingerprint density at radius 2 is 2.12 bits per heavy atom. The van der Waals surface area contributed by atoms with Gasteiger partial charge < -0.3 is 9.64 Å². The van der Waals surface area contributed by atoms with Gasteiger partial charge in [-0.05, 0) is 34.5 Å². The first-order valence-electron chi connectivity index (χ1n) is 5.30. The molecule has 4 nitrogen and oxygen atoms in total. The monoisotopic (exact) mass is 297 g/mol. The summed E-state index contributed by atoms with van der Waals surface area (Å²) in [5.74, 6) is -0.887. The first kappa shape index (κ1) is 12.3. The average molecular weight is 298 g/mol. The van der Waals surface area contributed by atoms with Crippen LogP contribution in [-0.2, 0) is 9.53 Å². The van der Waals surface area contributed by atoms with E-state index in [4.69, 9.17) is 4.74 Å². The van der Waals surface area contributed by atoms with E-state index in [0.29, 0.717) is 30.8 Å². The van der Waals surface area contributed by atoms with Gasteiger partial charge in [0.05, 0.1) is 11.3 Å². The lowest BCUT2D eigenvalue weighted by Gasteiger charge is -2.17. The van der Waals surface area contributed by atoms with Crippen molar-refractivity contribution in [2.75, 3.05) is 25.2 Å². The molecular formula is C12H12BrNO3. The lowest BCUT2D eigenvalue weighted by Crippen LogP contribution is -2.31. The lowest BCUT2D eigenvalue weighted by atomic mass is 10.1. The summed E-state index contributed by atoms with van der Waals surface area (Å²) in [6.45, 7) is 1.06. The minimum atomic E-state index is -0.456. The molecule has 0 bridgehead atoms. The fraction of sp³-hybridized carbons (Fsp3) is 0.333. The number of anilines is 1. The largest absolute Gasteiger partial charge is 0.385 e. The molecule has 0 N–H and O–H groups in total. The Balaban J connectivity index is 2.30. The zero-order valence-electron chi connectivity index (χ0n) is 9.40. The van der Waals surface area contributed by atoms with Crippen LogP contribution < -0.4 is 4.90 Å². The molecule has 0 aromatic heterocycles. The number of rotatable bonds is 4. The second-order valence-corrected chi connectivity index (χ2v) is 4.62. The number of Topliss-reactive ketones (excluding diaryl/α,β-unsaturated/α-hetero) is 1. The smallest absolute Gasteiger partial charge is 0.299 e. The van der Waals surface area contributed by atoms with E-state index in [1.807, 2.05) is 6.07 Å². The number of hydrogen-bond acceptors (Lipinski definition) is 3. The van der Waals surface area contributed by atoms with Gasteiger partial charge in [-0.1, -0.05) is 6.07 Å². The number of hydrogen-bond donors (Lipinski definition) is 0. The molecule has 0 radical (unpaired) electrons.